The van der Waals surface area contributed by atoms with Crippen LogP contribution in [0.1, 0.15) is 5.56 Å². The lowest BCUT2D eigenvalue weighted by Gasteiger charge is -1.94. The van der Waals surface area contributed by atoms with Crippen molar-refractivity contribution in [1.82, 2.24) is 4.98 Å². The number of hydrogen-bond donors (Lipinski definition) is 2. The topological polar surface area (TPSA) is 62.8 Å². The van der Waals surface area contributed by atoms with Crippen LogP contribution >= 0.6 is 24.0 Å². The van der Waals surface area contributed by atoms with Crippen molar-refractivity contribution in [3.8, 4) is 0 Å². The molecule has 60 valence electrons. The average molecular weight is 192 g/mol. The second-order valence-corrected chi connectivity index (χ2v) is 2.17. The van der Waals surface area contributed by atoms with E-state index in [2.05, 4.69) is 4.98 Å². The zero-order chi connectivity index (χ0) is 7.56. The number of hydrogen-bond acceptors (Lipinski definition) is 2. The van der Waals surface area contributed by atoms with Crippen LogP contribution in [0.15, 0.2) is 18.3 Å². The molecule has 0 aliphatic rings. The molecule has 0 radical (unpaired) electrons. The number of nitrogen functional groups attached to an aromatic ring is 1. The van der Waals surface area contributed by atoms with Gasteiger partial charge in [0.05, 0.1) is 0 Å². The highest BCUT2D eigenvalue weighted by molar-refractivity contribution is 6.29. The van der Waals surface area contributed by atoms with Crippen molar-refractivity contribution in [2.75, 3.05) is 0 Å². The van der Waals surface area contributed by atoms with Gasteiger partial charge in [-0.2, -0.15) is 0 Å². The molecule has 0 atom stereocenters. The van der Waals surface area contributed by atoms with Gasteiger partial charge in [-0.05, 0) is 12.1 Å². The van der Waals surface area contributed by atoms with Gasteiger partial charge in [-0.25, -0.2) is 4.98 Å². The Hall–Kier alpha value is -0.800. The van der Waals surface area contributed by atoms with Crippen LogP contribution in [-0.2, 0) is 0 Å². The van der Waals surface area contributed by atoms with Crippen LogP contribution in [0.2, 0.25) is 5.15 Å². The van der Waals surface area contributed by atoms with E-state index in [0.717, 1.165) is 0 Å². The zero-order valence-corrected chi connectivity index (χ0v) is 7.12. The van der Waals surface area contributed by atoms with Crippen LogP contribution in [0.4, 0.5) is 0 Å². The first kappa shape index (κ1) is 10.2. The van der Waals surface area contributed by atoms with Gasteiger partial charge in [-0.15, -0.1) is 12.4 Å². The van der Waals surface area contributed by atoms with E-state index in [4.69, 9.17) is 22.7 Å². The van der Waals surface area contributed by atoms with E-state index in [1.807, 2.05) is 0 Å². The maximum absolute atomic E-state index is 7.00. The van der Waals surface area contributed by atoms with Gasteiger partial charge in [-0.3, -0.25) is 5.41 Å². The Morgan fingerprint density at radius 2 is 2.18 bits per heavy atom. The number of nitrogens with two attached hydrogens (primary N) is 1. The minimum Gasteiger partial charge on any atom is -0.384 e. The number of nitrogens with zero attached hydrogens (tertiary/aromatic N) is 1. The predicted octanol–water partition coefficient (Wildman–Crippen LogP) is 1.44. The number of pyridine rings is 1. The molecule has 0 saturated carbocycles. The van der Waals surface area contributed by atoms with E-state index < -0.39 is 0 Å². The number of halogens is 2. The maximum Gasteiger partial charge on any atom is 0.129 e. The van der Waals surface area contributed by atoms with Crippen LogP contribution in [0, 0.1) is 5.41 Å². The van der Waals surface area contributed by atoms with Crippen molar-refractivity contribution >= 4 is 29.8 Å². The van der Waals surface area contributed by atoms with Crippen LogP contribution in [0.5, 0.6) is 0 Å². The van der Waals surface area contributed by atoms with Crippen molar-refractivity contribution in [2.45, 2.75) is 0 Å². The second-order valence-electron chi connectivity index (χ2n) is 1.78. The Morgan fingerprint density at radius 1 is 1.55 bits per heavy atom. The van der Waals surface area contributed by atoms with Crippen LogP contribution in [0.25, 0.3) is 0 Å². The molecule has 1 aromatic rings. The van der Waals surface area contributed by atoms with Gasteiger partial charge in [0.15, 0.2) is 0 Å². The molecule has 0 fully saturated rings. The number of nitrogens with one attached hydrogen (secondary N) is 1. The molecule has 1 rings (SSSR count). The monoisotopic (exact) mass is 191 g/mol. The largest absolute Gasteiger partial charge is 0.384 e. The van der Waals surface area contributed by atoms with Gasteiger partial charge in [0.25, 0.3) is 0 Å². The lowest BCUT2D eigenvalue weighted by molar-refractivity contribution is 1.30. The minimum atomic E-state index is 0. The zero-order valence-electron chi connectivity index (χ0n) is 5.54. The van der Waals surface area contributed by atoms with Crippen molar-refractivity contribution in [3.05, 3.63) is 29.0 Å². The summed E-state index contributed by atoms with van der Waals surface area (Å²) in [5, 5.41) is 7.41. The van der Waals surface area contributed by atoms with E-state index >= 15 is 0 Å². The second kappa shape index (κ2) is 4.16. The summed E-state index contributed by atoms with van der Waals surface area (Å²) in [7, 11) is 0. The standard InChI is InChI=1S/C6H6ClN3.ClH/c7-5-2-1-4(3-10-5)6(8)9;/h1-3H,(H3,8,9);1H. The quantitative estimate of drug-likeness (QED) is 0.401. The Balaban J connectivity index is 0.000001000. The van der Waals surface area contributed by atoms with E-state index in [9.17, 15) is 0 Å². The highest BCUT2D eigenvalue weighted by Crippen LogP contribution is 2.03. The summed E-state index contributed by atoms with van der Waals surface area (Å²) in [6, 6.07) is 3.25. The molecule has 0 aliphatic carbocycles. The predicted molar refractivity (Wildman–Crippen MR) is 47.5 cm³/mol. The SMILES string of the molecule is Cl.N=C(N)c1ccc(Cl)nc1. The van der Waals surface area contributed by atoms with Crippen LogP contribution in [0.3, 0.4) is 0 Å². The fourth-order valence-electron chi connectivity index (χ4n) is 0.535. The summed E-state index contributed by atoms with van der Waals surface area (Å²) in [5.41, 5.74) is 5.75. The molecule has 0 saturated heterocycles. The molecule has 0 aromatic carbocycles. The lowest BCUT2D eigenvalue weighted by atomic mass is 10.3. The fourth-order valence-corrected chi connectivity index (χ4v) is 0.647. The third kappa shape index (κ3) is 2.74. The lowest BCUT2D eigenvalue weighted by Crippen LogP contribution is -2.10. The highest BCUT2D eigenvalue weighted by Gasteiger charge is 1.94. The molecule has 0 amide bonds. The van der Waals surface area contributed by atoms with Gasteiger partial charge < -0.3 is 5.73 Å². The summed E-state index contributed by atoms with van der Waals surface area (Å²) < 4.78 is 0. The summed E-state index contributed by atoms with van der Waals surface area (Å²) in [6.07, 6.45) is 1.46. The molecule has 3 nitrogen and oxygen atoms in total. The van der Waals surface area contributed by atoms with Gasteiger partial charge in [0.2, 0.25) is 0 Å². The molecule has 11 heavy (non-hydrogen) atoms. The fraction of sp³-hybridized carbons (Fsp3) is 0. The van der Waals surface area contributed by atoms with Crippen molar-refractivity contribution in [3.63, 3.8) is 0 Å². The maximum atomic E-state index is 7.00. The number of amidine groups is 1. The molecule has 1 aromatic heterocycles. The van der Waals surface area contributed by atoms with E-state index in [-0.39, 0.29) is 18.2 Å². The summed E-state index contributed by atoms with van der Waals surface area (Å²) in [4.78, 5) is 3.74. The smallest absolute Gasteiger partial charge is 0.129 e. The first-order valence-electron chi connectivity index (χ1n) is 2.66. The molecule has 5 heteroatoms. The van der Waals surface area contributed by atoms with Crippen molar-refractivity contribution < 1.29 is 0 Å². The van der Waals surface area contributed by atoms with Crippen LogP contribution < -0.4 is 5.73 Å². The minimum absolute atomic E-state index is 0. The average Bonchev–Trinajstić information content (AvgIpc) is 1.88. The van der Waals surface area contributed by atoms with Gasteiger partial charge in [0.1, 0.15) is 11.0 Å². The van der Waals surface area contributed by atoms with Crippen molar-refractivity contribution in [2.24, 2.45) is 5.73 Å². The Kier molecular flexibility index (Phi) is 3.85. The molecular weight excluding hydrogens is 185 g/mol. The van der Waals surface area contributed by atoms with Crippen molar-refractivity contribution in [1.29, 1.82) is 5.41 Å². The van der Waals surface area contributed by atoms with E-state index in [1.54, 1.807) is 12.1 Å². The summed E-state index contributed by atoms with van der Waals surface area (Å²) in [5.74, 6) is 0.00386. The molecule has 0 spiro atoms. The molecule has 0 bridgehead atoms. The highest BCUT2D eigenvalue weighted by atomic mass is 35.5. The van der Waals surface area contributed by atoms with Gasteiger partial charge >= 0.3 is 0 Å². The molecule has 1 heterocycles. The summed E-state index contributed by atoms with van der Waals surface area (Å²) in [6.45, 7) is 0. The summed E-state index contributed by atoms with van der Waals surface area (Å²) >= 11 is 5.49. The Bertz CT molecular complexity index is 245. The molecule has 0 unspecified atom stereocenters. The van der Waals surface area contributed by atoms with Crippen LogP contribution in [-0.4, -0.2) is 10.8 Å². The molecule has 0 aliphatic heterocycles. The number of aromatic nitrogens is 1. The van der Waals surface area contributed by atoms with Gasteiger partial charge in [-0.1, -0.05) is 11.6 Å². The van der Waals surface area contributed by atoms with E-state index in [1.165, 1.54) is 6.20 Å². The Labute approximate surface area is 75.5 Å². The van der Waals surface area contributed by atoms with Gasteiger partial charge in [0, 0.05) is 11.8 Å². The third-order valence-corrected chi connectivity index (χ3v) is 1.26. The third-order valence-electron chi connectivity index (χ3n) is 1.04. The van der Waals surface area contributed by atoms with E-state index in [0.29, 0.717) is 10.7 Å². The first-order valence-corrected chi connectivity index (χ1v) is 3.04. The Morgan fingerprint density at radius 3 is 2.55 bits per heavy atom. The normalized spacial score (nSPS) is 8.45. The molecule has 3 N–H and O–H groups in total. The molecular formula is C6H7Cl2N3. The first-order chi connectivity index (χ1) is 4.70. The number of rotatable bonds is 1.